The van der Waals surface area contributed by atoms with E-state index in [2.05, 4.69) is 58.9 Å². The van der Waals surface area contributed by atoms with Crippen LogP contribution in [0.5, 0.6) is 0 Å². The molecule has 156 valence electrons. The summed E-state index contributed by atoms with van der Waals surface area (Å²) in [5.74, 6) is -0.347. The van der Waals surface area contributed by atoms with E-state index in [4.69, 9.17) is 4.74 Å². The Hall–Kier alpha value is -2.85. The molecule has 0 aliphatic heterocycles. The number of para-hydroxylation sites is 1. The third-order valence-electron chi connectivity index (χ3n) is 5.32. The summed E-state index contributed by atoms with van der Waals surface area (Å²) in [7, 11) is 0. The van der Waals surface area contributed by atoms with Gasteiger partial charge in [0.2, 0.25) is 0 Å². The van der Waals surface area contributed by atoms with Gasteiger partial charge < -0.3 is 9.30 Å². The van der Waals surface area contributed by atoms with Gasteiger partial charge in [-0.25, -0.2) is 9.78 Å². The third kappa shape index (κ3) is 4.19. The Labute approximate surface area is 183 Å². The molecule has 4 rings (SSSR count). The van der Waals surface area contributed by atoms with Crippen molar-refractivity contribution in [2.75, 3.05) is 6.61 Å². The van der Waals surface area contributed by atoms with Crippen LogP contribution in [0.4, 0.5) is 0 Å². The molecule has 30 heavy (non-hydrogen) atoms. The summed E-state index contributed by atoms with van der Waals surface area (Å²) in [6.07, 6.45) is 2.75. The molecule has 4 nitrogen and oxygen atoms in total. The van der Waals surface area contributed by atoms with Crippen molar-refractivity contribution in [1.82, 2.24) is 9.55 Å². The Morgan fingerprint density at radius 2 is 1.73 bits per heavy atom. The van der Waals surface area contributed by atoms with E-state index < -0.39 is 0 Å². The summed E-state index contributed by atoms with van der Waals surface area (Å²) in [6, 6.07) is 21.0. The second kappa shape index (κ2) is 9.77. The average molecular weight is 423 g/mol. The lowest BCUT2D eigenvalue weighted by Crippen LogP contribution is -2.12. The highest BCUT2D eigenvalue weighted by atomic mass is 35.5. The maximum Gasteiger partial charge on any atom is 0.359 e. The largest absolute Gasteiger partial charge is 0.461 e. The Morgan fingerprint density at radius 1 is 1.00 bits per heavy atom. The van der Waals surface area contributed by atoms with Crippen molar-refractivity contribution in [3.05, 3.63) is 77.6 Å². The Kier molecular flexibility index (Phi) is 7.11. The van der Waals surface area contributed by atoms with Gasteiger partial charge in [0.1, 0.15) is 0 Å². The van der Waals surface area contributed by atoms with Gasteiger partial charge in [0.25, 0.3) is 0 Å². The first kappa shape index (κ1) is 21.8. The van der Waals surface area contributed by atoms with Crippen molar-refractivity contribution in [3.8, 4) is 0 Å². The van der Waals surface area contributed by atoms with Crippen LogP contribution < -0.4 is 0 Å². The van der Waals surface area contributed by atoms with Crippen LogP contribution in [0.3, 0.4) is 0 Å². The second-order valence-corrected chi connectivity index (χ2v) is 7.19. The number of nitrogens with zero attached hydrogens (tertiary/aromatic N) is 2. The van der Waals surface area contributed by atoms with Gasteiger partial charge in [-0.1, -0.05) is 55.5 Å². The van der Waals surface area contributed by atoms with Crippen molar-refractivity contribution in [2.45, 2.75) is 39.7 Å². The van der Waals surface area contributed by atoms with E-state index in [1.54, 1.807) is 0 Å². The monoisotopic (exact) mass is 422 g/mol. The van der Waals surface area contributed by atoms with Crippen LogP contribution in [0.25, 0.3) is 21.8 Å². The molecular formula is C25H27ClN2O2. The normalized spacial score (nSPS) is 10.9. The van der Waals surface area contributed by atoms with Crippen molar-refractivity contribution >= 4 is 40.2 Å². The van der Waals surface area contributed by atoms with Crippen LogP contribution in [0.2, 0.25) is 0 Å². The smallest absolute Gasteiger partial charge is 0.359 e. The zero-order valence-corrected chi connectivity index (χ0v) is 18.2. The number of esters is 1. The first-order chi connectivity index (χ1) is 14.2. The van der Waals surface area contributed by atoms with E-state index in [1.807, 2.05) is 25.1 Å². The van der Waals surface area contributed by atoms with E-state index in [1.165, 1.54) is 5.56 Å². The molecule has 0 saturated heterocycles. The molecule has 0 aliphatic rings. The van der Waals surface area contributed by atoms with E-state index in [0.29, 0.717) is 12.3 Å². The van der Waals surface area contributed by atoms with Crippen LogP contribution in [-0.2, 0) is 24.1 Å². The van der Waals surface area contributed by atoms with Crippen LogP contribution in [0.1, 0.15) is 42.0 Å². The van der Waals surface area contributed by atoms with E-state index in [-0.39, 0.29) is 18.4 Å². The maximum absolute atomic E-state index is 12.8. The van der Waals surface area contributed by atoms with Gasteiger partial charge in [-0.05, 0) is 43.9 Å². The minimum Gasteiger partial charge on any atom is -0.461 e. The first-order valence-electron chi connectivity index (χ1n) is 10.3. The topological polar surface area (TPSA) is 44.1 Å². The SMILES string of the molecule is CCOC(=O)c1nc(CC)cc2c3ccccc3n(CCCc3ccccc3)c12.Cl. The Morgan fingerprint density at radius 3 is 2.47 bits per heavy atom. The number of pyridine rings is 1. The maximum atomic E-state index is 12.8. The van der Waals surface area contributed by atoms with Crippen LogP contribution in [0.15, 0.2) is 60.7 Å². The Bertz CT molecular complexity index is 1150. The molecule has 0 amide bonds. The number of aryl methyl sites for hydroxylation is 3. The summed E-state index contributed by atoms with van der Waals surface area (Å²) in [5.41, 5.74) is 4.68. The standard InChI is InChI=1S/C25H26N2O2.ClH/c1-3-19-17-21-20-14-8-9-15-22(20)27(16-10-13-18-11-6-5-7-12-18)24(21)23(26-19)25(28)29-4-2;/h5-9,11-12,14-15,17H,3-4,10,13,16H2,1-2H3;1H. The Balaban J connectivity index is 0.00000256. The van der Waals surface area contributed by atoms with Gasteiger partial charge >= 0.3 is 5.97 Å². The fraction of sp³-hybridized carbons (Fsp3) is 0.280. The van der Waals surface area contributed by atoms with Crippen LogP contribution >= 0.6 is 12.4 Å². The number of halogens is 1. The highest BCUT2D eigenvalue weighted by Crippen LogP contribution is 2.32. The van der Waals surface area contributed by atoms with Crippen molar-refractivity contribution < 1.29 is 9.53 Å². The number of carbonyl (C=O) groups is 1. The highest BCUT2D eigenvalue weighted by molar-refractivity contribution is 6.13. The zero-order valence-electron chi connectivity index (χ0n) is 17.4. The number of fused-ring (bicyclic) bond motifs is 3. The van der Waals surface area contributed by atoms with E-state index in [9.17, 15) is 4.79 Å². The number of aromatic nitrogens is 2. The lowest BCUT2D eigenvalue weighted by atomic mass is 10.1. The highest BCUT2D eigenvalue weighted by Gasteiger charge is 2.21. The quantitative estimate of drug-likeness (QED) is 0.344. The number of benzene rings is 2. The second-order valence-electron chi connectivity index (χ2n) is 7.19. The number of rotatable bonds is 7. The molecule has 0 saturated carbocycles. The predicted molar refractivity (Wildman–Crippen MR) is 125 cm³/mol. The van der Waals surface area contributed by atoms with Gasteiger partial charge in [0.15, 0.2) is 5.69 Å². The molecule has 0 radical (unpaired) electrons. The van der Waals surface area contributed by atoms with Crippen molar-refractivity contribution in [2.24, 2.45) is 0 Å². The van der Waals surface area contributed by atoms with Gasteiger partial charge in [-0.15, -0.1) is 12.4 Å². The predicted octanol–water partition coefficient (Wildman–Crippen LogP) is 5.98. The molecule has 0 unspecified atom stereocenters. The summed E-state index contributed by atoms with van der Waals surface area (Å²) in [5, 5.41) is 2.24. The summed E-state index contributed by atoms with van der Waals surface area (Å²) < 4.78 is 7.59. The van der Waals surface area contributed by atoms with E-state index in [0.717, 1.165) is 53.3 Å². The van der Waals surface area contributed by atoms with E-state index >= 15 is 0 Å². The van der Waals surface area contributed by atoms with Gasteiger partial charge in [0.05, 0.1) is 12.1 Å². The zero-order chi connectivity index (χ0) is 20.2. The molecular weight excluding hydrogens is 396 g/mol. The number of hydrogen-bond acceptors (Lipinski definition) is 3. The van der Waals surface area contributed by atoms with Crippen LogP contribution in [0, 0.1) is 0 Å². The molecule has 0 atom stereocenters. The average Bonchev–Trinajstić information content (AvgIpc) is 3.08. The van der Waals surface area contributed by atoms with Crippen molar-refractivity contribution in [1.29, 1.82) is 0 Å². The minimum absolute atomic E-state index is 0. The lowest BCUT2D eigenvalue weighted by molar-refractivity contribution is 0.0521. The molecule has 4 aromatic rings. The molecule has 2 aromatic heterocycles. The molecule has 5 heteroatoms. The van der Waals surface area contributed by atoms with Gasteiger partial charge in [0, 0.05) is 28.5 Å². The van der Waals surface area contributed by atoms with Gasteiger partial charge in [-0.3, -0.25) is 0 Å². The summed E-state index contributed by atoms with van der Waals surface area (Å²) in [6.45, 7) is 5.04. The fourth-order valence-corrected chi connectivity index (χ4v) is 3.97. The molecule has 0 aliphatic carbocycles. The molecule has 0 bridgehead atoms. The van der Waals surface area contributed by atoms with Crippen LogP contribution in [-0.4, -0.2) is 22.1 Å². The number of carbonyl (C=O) groups excluding carboxylic acids is 1. The number of hydrogen-bond donors (Lipinski definition) is 0. The minimum atomic E-state index is -0.347. The molecule has 2 heterocycles. The molecule has 2 aromatic carbocycles. The first-order valence-corrected chi connectivity index (χ1v) is 10.3. The summed E-state index contributed by atoms with van der Waals surface area (Å²) >= 11 is 0. The summed E-state index contributed by atoms with van der Waals surface area (Å²) in [4.78, 5) is 17.4. The lowest BCUT2D eigenvalue weighted by Gasteiger charge is -2.11. The fourth-order valence-electron chi connectivity index (χ4n) is 3.97. The van der Waals surface area contributed by atoms with Crippen molar-refractivity contribution in [3.63, 3.8) is 0 Å². The molecule has 0 N–H and O–H groups in total. The number of ether oxygens (including phenoxy) is 1. The third-order valence-corrected chi connectivity index (χ3v) is 5.32. The molecule has 0 fully saturated rings. The molecule has 0 spiro atoms. The van der Waals surface area contributed by atoms with Gasteiger partial charge in [-0.2, -0.15) is 0 Å².